The van der Waals surface area contributed by atoms with Gasteiger partial charge in [0.25, 0.3) is 0 Å². The Hall–Kier alpha value is -0.890. The van der Waals surface area contributed by atoms with Crippen LogP contribution in [0.3, 0.4) is 0 Å². The molecule has 0 saturated carbocycles. The molecule has 1 aromatic carbocycles. The summed E-state index contributed by atoms with van der Waals surface area (Å²) >= 11 is 0. The van der Waals surface area contributed by atoms with E-state index in [9.17, 15) is 4.39 Å². The third-order valence-corrected chi connectivity index (χ3v) is 3.41. The van der Waals surface area contributed by atoms with Crippen molar-refractivity contribution >= 4 is 0 Å². The zero-order chi connectivity index (χ0) is 10.8. The van der Waals surface area contributed by atoms with Crippen LogP contribution in [0.4, 0.5) is 4.39 Å². The van der Waals surface area contributed by atoms with Gasteiger partial charge in [0, 0.05) is 0 Å². The number of nitrogens with one attached hydrogen (secondary N) is 1. The van der Waals surface area contributed by atoms with Gasteiger partial charge in [-0.3, -0.25) is 0 Å². The van der Waals surface area contributed by atoms with Crippen LogP contribution in [0.2, 0.25) is 0 Å². The molecule has 1 heterocycles. The minimum atomic E-state index is -0.0711. The summed E-state index contributed by atoms with van der Waals surface area (Å²) in [6.45, 7) is 6.13. The van der Waals surface area contributed by atoms with Gasteiger partial charge in [0.05, 0.1) is 0 Å². The first-order valence-electron chi connectivity index (χ1n) is 5.65. The lowest BCUT2D eigenvalue weighted by molar-refractivity contribution is 0.348. The van der Waals surface area contributed by atoms with Gasteiger partial charge in [-0.15, -0.1) is 0 Å². The van der Waals surface area contributed by atoms with E-state index in [0.29, 0.717) is 11.8 Å². The number of benzene rings is 1. The fourth-order valence-corrected chi connectivity index (χ4v) is 2.35. The molecule has 1 saturated heterocycles. The summed E-state index contributed by atoms with van der Waals surface area (Å²) in [7, 11) is 0. The molecular formula is C13H18FN. The number of rotatable bonds is 1. The lowest BCUT2D eigenvalue weighted by Gasteiger charge is -2.30. The number of hydrogen-bond donors (Lipinski definition) is 1. The van der Waals surface area contributed by atoms with E-state index in [1.807, 2.05) is 13.0 Å². The van der Waals surface area contributed by atoms with Gasteiger partial charge >= 0.3 is 0 Å². The largest absolute Gasteiger partial charge is 0.316 e. The van der Waals surface area contributed by atoms with Gasteiger partial charge in [0.2, 0.25) is 0 Å². The molecule has 1 aliphatic heterocycles. The molecular weight excluding hydrogens is 189 g/mol. The van der Waals surface area contributed by atoms with E-state index in [4.69, 9.17) is 0 Å². The minimum Gasteiger partial charge on any atom is -0.316 e. The van der Waals surface area contributed by atoms with E-state index >= 15 is 0 Å². The molecule has 1 aliphatic rings. The Morgan fingerprint density at radius 2 is 2.20 bits per heavy atom. The second-order valence-corrected chi connectivity index (χ2v) is 4.59. The fraction of sp³-hybridized carbons (Fsp3) is 0.538. The van der Waals surface area contributed by atoms with Gasteiger partial charge in [0.15, 0.2) is 0 Å². The van der Waals surface area contributed by atoms with Crippen LogP contribution in [-0.2, 0) is 0 Å². The molecule has 2 atom stereocenters. The molecule has 0 aliphatic carbocycles. The zero-order valence-corrected chi connectivity index (χ0v) is 9.39. The van der Waals surface area contributed by atoms with Crippen molar-refractivity contribution in [1.82, 2.24) is 5.32 Å². The number of hydrogen-bond acceptors (Lipinski definition) is 1. The van der Waals surface area contributed by atoms with Crippen LogP contribution in [0.1, 0.15) is 30.4 Å². The molecule has 1 N–H and O–H groups in total. The predicted molar refractivity (Wildman–Crippen MR) is 60.5 cm³/mol. The maximum atomic E-state index is 13.4. The van der Waals surface area contributed by atoms with Crippen LogP contribution in [0, 0.1) is 18.7 Å². The Morgan fingerprint density at radius 1 is 1.40 bits per heavy atom. The second kappa shape index (κ2) is 4.31. The van der Waals surface area contributed by atoms with E-state index < -0.39 is 0 Å². The first-order chi connectivity index (χ1) is 7.18. The molecule has 15 heavy (non-hydrogen) atoms. The highest BCUT2D eigenvalue weighted by Gasteiger charge is 2.22. The molecule has 82 valence electrons. The lowest BCUT2D eigenvalue weighted by atomic mass is 9.82. The van der Waals surface area contributed by atoms with E-state index in [0.717, 1.165) is 30.6 Å². The van der Waals surface area contributed by atoms with Crippen molar-refractivity contribution in [3.63, 3.8) is 0 Å². The molecule has 2 rings (SSSR count). The Balaban J connectivity index is 2.24. The smallest absolute Gasteiger partial charge is 0.126 e. The summed E-state index contributed by atoms with van der Waals surface area (Å²) in [6, 6.07) is 5.67. The molecule has 2 heteroatoms. The topological polar surface area (TPSA) is 12.0 Å². The monoisotopic (exact) mass is 207 g/mol. The summed E-state index contributed by atoms with van der Waals surface area (Å²) in [5, 5.41) is 3.37. The Kier molecular flexibility index (Phi) is 3.06. The van der Waals surface area contributed by atoms with E-state index in [2.05, 4.69) is 18.3 Å². The first kappa shape index (κ1) is 10.6. The van der Waals surface area contributed by atoms with Gasteiger partial charge in [-0.2, -0.15) is 0 Å². The second-order valence-electron chi connectivity index (χ2n) is 4.59. The number of aryl methyl sites for hydroxylation is 1. The fourth-order valence-electron chi connectivity index (χ4n) is 2.35. The first-order valence-corrected chi connectivity index (χ1v) is 5.65. The van der Waals surface area contributed by atoms with Crippen LogP contribution in [0.5, 0.6) is 0 Å². The number of piperidine rings is 1. The summed E-state index contributed by atoms with van der Waals surface area (Å²) in [5.74, 6) is 1.04. The van der Waals surface area contributed by atoms with E-state index in [-0.39, 0.29) is 5.82 Å². The minimum absolute atomic E-state index is 0.0711. The van der Waals surface area contributed by atoms with Crippen molar-refractivity contribution in [3.05, 3.63) is 35.1 Å². The molecule has 0 spiro atoms. The third kappa shape index (κ3) is 2.20. The van der Waals surface area contributed by atoms with Crippen LogP contribution >= 0.6 is 0 Å². The van der Waals surface area contributed by atoms with E-state index in [1.54, 1.807) is 6.07 Å². The molecule has 1 nitrogen and oxygen atoms in total. The highest BCUT2D eigenvalue weighted by atomic mass is 19.1. The molecule has 1 fully saturated rings. The third-order valence-electron chi connectivity index (χ3n) is 3.41. The van der Waals surface area contributed by atoms with Gasteiger partial charge < -0.3 is 5.32 Å². The molecule has 0 aromatic heterocycles. The van der Waals surface area contributed by atoms with Crippen LogP contribution < -0.4 is 5.32 Å². The lowest BCUT2D eigenvalue weighted by Crippen LogP contribution is -2.33. The summed E-state index contributed by atoms with van der Waals surface area (Å²) in [6.07, 6.45) is 1.11. The molecule has 1 aromatic rings. The van der Waals surface area contributed by atoms with Crippen LogP contribution in [0.15, 0.2) is 18.2 Å². The van der Waals surface area contributed by atoms with Crippen molar-refractivity contribution in [3.8, 4) is 0 Å². The SMILES string of the molecule is Cc1ccc(C2CCNCC2C)cc1F. The van der Waals surface area contributed by atoms with Crippen molar-refractivity contribution in [2.75, 3.05) is 13.1 Å². The predicted octanol–water partition coefficient (Wildman–Crippen LogP) is 2.85. The Bertz CT molecular complexity index is 348. The summed E-state index contributed by atoms with van der Waals surface area (Å²) < 4.78 is 13.4. The quantitative estimate of drug-likeness (QED) is 0.746. The van der Waals surface area contributed by atoms with Gasteiger partial charge in [-0.05, 0) is 55.5 Å². The molecule has 0 radical (unpaired) electrons. The molecule has 2 unspecified atom stereocenters. The van der Waals surface area contributed by atoms with Crippen molar-refractivity contribution in [2.24, 2.45) is 5.92 Å². The van der Waals surface area contributed by atoms with Gasteiger partial charge in [-0.25, -0.2) is 4.39 Å². The Labute approximate surface area is 90.7 Å². The maximum absolute atomic E-state index is 13.4. The Morgan fingerprint density at radius 3 is 2.87 bits per heavy atom. The van der Waals surface area contributed by atoms with Crippen molar-refractivity contribution in [1.29, 1.82) is 0 Å². The highest BCUT2D eigenvalue weighted by Crippen LogP contribution is 2.30. The summed E-state index contributed by atoms with van der Waals surface area (Å²) in [5.41, 5.74) is 1.90. The average molecular weight is 207 g/mol. The van der Waals surface area contributed by atoms with Gasteiger partial charge in [-0.1, -0.05) is 19.1 Å². The van der Waals surface area contributed by atoms with Crippen molar-refractivity contribution in [2.45, 2.75) is 26.2 Å². The highest BCUT2D eigenvalue weighted by molar-refractivity contribution is 5.27. The standard InChI is InChI=1S/C13H18FN/c1-9-3-4-11(7-13(9)14)12-5-6-15-8-10(12)2/h3-4,7,10,12,15H,5-6,8H2,1-2H3. The normalized spacial score (nSPS) is 26.6. The zero-order valence-electron chi connectivity index (χ0n) is 9.39. The number of halogens is 1. The van der Waals surface area contributed by atoms with Crippen molar-refractivity contribution < 1.29 is 4.39 Å². The average Bonchev–Trinajstić information content (AvgIpc) is 2.23. The van der Waals surface area contributed by atoms with Crippen LogP contribution in [-0.4, -0.2) is 13.1 Å². The molecule has 0 bridgehead atoms. The molecule has 0 amide bonds. The van der Waals surface area contributed by atoms with Gasteiger partial charge in [0.1, 0.15) is 5.82 Å². The van der Waals surface area contributed by atoms with E-state index in [1.165, 1.54) is 0 Å². The van der Waals surface area contributed by atoms with Crippen LogP contribution in [0.25, 0.3) is 0 Å². The summed E-state index contributed by atoms with van der Waals surface area (Å²) in [4.78, 5) is 0. The maximum Gasteiger partial charge on any atom is 0.126 e.